The van der Waals surface area contributed by atoms with Crippen LogP contribution in [-0.4, -0.2) is 26.9 Å². The van der Waals surface area contributed by atoms with Gasteiger partial charge in [0.05, 0.1) is 7.11 Å². The molecule has 5 nitrogen and oxygen atoms in total. The number of aromatic nitrogens is 4. The standard InChI is InChI=1S/C25H20N4OS/c1-30-23-10-8-22(9-11-23)29-24(20-12-14-26-15-13-20)27-28-25(29)31-17-18-6-7-19-4-2-3-5-21(19)16-18/h2-16H,17H2,1H3. The van der Waals surface area contributed by atoms with Crippen LogP contribution in [0.2, 0.25) is 0 Å². The maximum Gasteiger partial charge on any atom is 0.196 e. The van der Waals surface area contributed by atoms with Gasteiger partial charge in [-0.2, -0.15) is 0 Å². The Balaban J connectivity index is 1.50. The van der Waals surface area contributed by atoms with Crippen molar-refractivity contribution in [3.63, 3.8) is 0 Å². The molecule has 5 aromatic rings. The van der Waals surface area contributed by atoms with E-state index >= 15 is 0 Å². The first kappa shape index (κ1) is 19.3. The smallest absolute Gasteiger partial charge is 0.196 e. The Morgan fingerprint density at radius 1 is 0.839 bits per heavy atom. The summed E-state index contributed by atoms with van der Waals surface area (Å²) < 4.78 is 7.40. The summed E-state index contributed by atoms with van der Waals surface area (Å²) in [6.45, 7) is 0. The summed E-state index contributed by atoms with van der Waals surface area (Å²) in [6.07, 6.45) is 3.54. The quantitative estimate of drug-likeness (QED) is 0.323. The molecule has 0 radical (unpaired) electrons. The van der Waals surface area contributed by atoms with Crippen LogP contribution in [0.15, 0.2) is 96.4 Å². The van der Waals surface area contributed by atoms with Crippen LogP contribution in [0.25, 0.3) is 27.8 Å². The summed E-state index contributed by atoms with van der Waals surface area (Å²) in [5.41, 5.74) is 3.20. The summed E-state index contributed by atoms with van der Waals surface area (Å²) in [5.74, 6) is 2.40. The minimum Gasteiger partial charge on any atom is -0.497 e. The molecule has 5 rings (SSSR count). The molecule has 0 saturated carbocycles. The first-order chi connectivity index (χ1) is 15.3. The first-order valence-corrected chi connectivity index (χ1v) is 10.9. The Bertz CT molecular complexity index is 1320. The first-order valence-electron chi connectivity index (χ1n) is 9.92. The molecule has 3 aromatic carbocycles. The summed E-state index contributed by atoms with van der Waals surface area (Å²) in [6, 6.07) is 26.8. The lowest BCUT2D eigenvalue weighted by molar-refractivity contribution is 0.414. The van der Waals surface area contributed by atoms with E-state index in [1.807, 2.05) is 36.4 Å². The fourth-order valence-electron chi connectivity index (χ4n) is 3.49. The monoisotopic (exact) mass is 424 g/mol. The normalized spacial score (nSPS) is 11.0. The van der Waals surface area contributed by atoms with E-state index in [0.29, 0.717) is 0 Å². The average molecular weight is 425 g/mol. The van der Waals surface area contributed by atoms with Crippen molar-refractivity contribution >= 4 is 22.5 Å². The van der Waals surface area contributed by atoms with Gasteiger partial charge in [-0.05, 0) is 52.7 Å². The molecule has 0 N–H and O–H groups in total. The highest BCUT2D eigenvalue weighted by molar-refractivity contribution is 7.98. The van der Waals surface area contributed by atoms with Crippen LogP contribution in [0.3, 0.4) is 0 Å². The van der Waals surface area contributed by atoms with Crippen LogP contribution in [-0.2, 0) is 5.75 Å². The summed E-state index contributed by atoms with van der Waals surface area (Å²) in [5, 5.41) is 12.3. The number of fused-ring (bicyclic) bond motifs is 1. The highest BCUT2D eigenvalue weighted by Crippen LogP contribution is 2.31. The Labute approximate surface area is 184 Å². The van der Waals surface area contributed by atoms with Gasteiger partial charge < -0.3 is 4.74 Å². The number of rotatable bonds is 6. The van der Waals surface area contributed by atoms with Gasteiger partial charge in [-0.15, -0.1) is 10.2 Å². The van der Waals surface area contributed by atoms with Gasteiger partial charge in [0.15, 0.2) is 11.0 Å². The molecular formula is C25H20N4OS. The van der Waals surface area contributed by atoms with E-state index in [2.05, 4.69) is 62.2 Å². The molecule has 6 heteroatoms. The van der Waals surface area contributed by atoms with Gasteiger partial charge in [-0.3, -0.25) is 9.55 Å². The molecule has 0 atom stereocenters. The molecule has 0 aliphatic carbocycles. The molecular weight excluding hydrogens is 404 g/mol. The van der Waals surface area contributed by atoms with Crippen LogP contribution >= 0.6 is 11.8 Å². The van der Waals surface area contributed by atoms with Crippen LogP contribution in [0.4, 0.5) is 0 Å². The topological polar surface area (TPSA) is 52.8 Å². The Kier molecular flexibility index (Phi) is 5.37. The predicted octanol–water partition coefficient (Wildman–Crippen LogP) is 5.78. The van der Waals surface area contributed by atoms with Crippen molar-refractivity contribution in [1.82, 2.24) is 19.7 Å². The third-order valence-corrected chi connectivity index (χ3v) is 6.08. The van der Waals surface area contributed by atoms with Crippen molar-refractivity contribution in [2.24, 2.45) is 0 Å². The zero-order chi connectivity index (χ0) is 21.0. The fourth-order valence-corrected chi connectivity index (χ4v) is 4.39. The van der Waals surface area contributed by atoms with Crippen LogP contribution < -0.4 is 4.74 Å². The molecule has 0 aliphatic rings. The number of pyridine rings is 1. The van der Waals surface area contributed by atoms with Gasteiger partial charge in [-0.25, -0.2) is 0 Å². The summed E-state index contributed by atoms with van der Waals surface area (Å²) >= 11 is 1.67. The summed E-state index contributed by atoms with van der Waals surface area (Å²) in [4.78, 5) is 4.12. The molecule has 0 aliphatic heterocycles. The maximum absolute atomic E-state index is 5.32. The van der Waals surface area contributed by atoms with Crippen molar-refractivity contribution in [3.8, 4) is 22.8 Å². The minimum atomic E-state index is 0.786. The molecule has 2 aromatic heterocycles. The third kappa shape index (κ3) is 4.02. The molecule has 0 spiro atoms. The lowest BCUT2D eigenvalue weighted by atomic mass is 10.1. The maximum atomic E-state index is 5.32. The van der Waals surface area contributed by atoms with E-state index in [0.717, 1.165) is 33.7 Å². The van der Waals surface area contributed by atoms with Crippen LogP contribution in [0.1, 0.15) is 5.56 Å². The number of methoxy groups -OCH3 is 1. The van der Waals surface area contributed by atoms with Crippen molar-refractivity contribution in [3.05, 3.63) is 96.8 Å². The Morgan fingerprint density at radius 2 is 1.61 bits per heavy atom. The van der Waals surface area contributed by atoms with Gasteiger partial charge in [0.1, 0.15) is 5.75 Å². The van der Waals surface area contributed by atoms with Gasteiger partial charge in [-0.1, -0.05) is 54.2 Å². The highest BCUT2D eigenvalue weighted by atomic mass is 32.2. The number of nitrogens with zero attached hydrogens (tertiary/aromatic N) is 4. The van der Waals surface area contributed by atoms with Crippen molar-refractivity contribution in [1.29, 1.82) is 0 Å². The van der Waals surface area contributed by atoms with E-state index in [-0.39, 0.29) is 0 Å². The van der Waals surface area contributed by atoms with E-state index in [9.17, 15) is 0 Å². The number of thioether (sulfide) groups is 1. The van der Waals surface area contributed by atoms with Gasteiger partial charge >= 0.3 is 0 Å². The molecule has 31 heavy (non-hydrogen) atoms. The highest BCUT2D eigenvalue weighted by Gasteiger charge is 2.16. The molecule has 0 saturated heterocycles. The average Bonchev–Trinajstić information content (AvgIpc) is 3.27. The van der Waals surface area contributed by atoms with Crippen LogP contribution in [0, 0.1) is 0 Å². The van der Waals surface area contributed by atoms with Crippen molar-refractivity contribution in [2.75, 3.05) is 7.11 Å². The SMILES string of the molecule is COc1ccc(-n2c(SCc3ccc4ccccc4c3)nnc2-c2ccncc2)cc1. The number of benzene rings is 3. The lowest BCUT2D eigenvalue weighted by Gasteiger charge is -2.11. The molecule has 152 valence electrons. The van der Waals surface area contributed by atoms with E-state index in [1.165, 1.54) is 16.3 Å². The van der Waals surface area contributed by atoms with Crippen LogP contribution in [0.5, 0.6) is 5.75 Å². The zero-order valence-electron chi connectivity index (χ0n) is 17.0. The number of ether oxygens (including phenoxy) is 1. The molecule has 0 fully saturated rings. The van der Waals surface area contributed by atoms with E-state index < -0.39 is 0 Å². The van der Waals surface area contributed by atoms with E-state index in [1.54, 1.807) is 31.3 Å². The third-order valence-electron chi connectivity index (χ3n) is 5.08. The van der Waals surface area contributed by atoms with Gasteiger partial charge in [0, 0.05) is 29.4 Å². The predicted molar refractivity (Wildman–Crippen MR) is 125 cm³/mol. The number of hydrogen-bond donors (Lipinski definition) is 0. The van der Waals surface area contributed by atoms with Crippen molar-refractivity contribution in [2.45, 2.75) is 10.9 Å². The van der Waals surface area contributed by atoms with Gasteiger partial charge in [0.25, 0.3) is 0 Å². The molecule has 0 unspecified atom stereocenters. The molecule has 2 heterocycles. The molecule has 0 bridgehead atoms. The largest absolute Gasteiger partial charge is 0.497 e. The Morgan fingerprint density at radius 3 is 2.39 bits per heavy atom. The Hall–Kier alpha value is -3.64. The second kappa shape index (κ2) is 8.62. The lowest BCUT2D eigenvalue weighted by Crippen LogP contribution is -2.00. The minimum absolute atomic E-state index is 0.786. The second-order valence-corrected chi connectivity index (χ2v) is 7.99. The number of hydrogen-bond acceptors (Lipinski definition) is 5. The van der Waals surface area contributed by atoms with Crippen molar-refractivity contribution < 1.29 is 4.74 Å². The van der Waals surface area contributed by atoms with E-state index in [4.69, 9.17) is 4.74 Å². The zero-order valence-corrected chi connectivity index (χ0v) is 17.8. The summed E-state index contributed by atoms with van der Waals surface area (Å²) in [7, 11) is 1.67. The van der Waals surface area contributed by atoms with Gasteiger partial charge in [0.2, 0.25) is 0 Å². The fraction of sp³-hybridized carbons (Fsp3) is 0.0800. The molecule has 0 amide bonds. The second-order valence-electron chi connectivity index (χ2n) is 7.05.